The van der Waals surface area contributed by atoms with Crippen molar-refractivity contribution in [2.75, 3.05) is 0 Å². The Hall–Kier alpha value is -6.36. The SMILES string of the molecule is c1ccc(-c2ccc(-c3nc(-c4ccccc4)cc(-c4ccc(-c5ccc6c(c5)sc5ccccc56)c5c4oc4ccccc45)n3)cc2)cc1. The molecule has 50 heavy (non-hydrogen) atoms. The Morgan fingerprint density at radius 2 is 1.00 bits per heavy atom. The second-order valence-corrected chi connectivity index (χ2v) is 13.6. The van der Waals surface area contributed by atoms with Crippen molar-refractivity contribution in [3.8, 4) is 56.2 Å². The molecule has 10 rings (SSSR count). The highest BCUT2D eigenvalue weighted by atomic mass is 32.1. The fraction of sp³-hybridized carbons (Fsp3) is 0. The third-order valence-corrected chi connectivity index (χ3v) is 10.7. The quantitative estimate of drug-likeness (QED) is 0.185. The summed E-state index contributed by atoms with van der Waals surface area (Å²) >= 11 is 1.84. The first kappa shape index (κ1) is 28.6. The Balaban J connectivity index is 1.17. The minimum atomic E-state index is 0.671. The molecule has 0 aliphatic carbocycles. The van der Waals surface area contributed by atoms with E-state index in [4.69, 9.17) is 14.4 Å². The minimum Gasteiger partial charge on any atom is -0.455 e. The molecule has 0 aliphatic heterocycles. The van der Waals surface area contributed by atoms with Gasteiger partial charge in [0.05, 0.1) is 11.4 Å². The molecule has 0 atom stereocenters. The van der Waals surface area contributed by atoms with E-state index < -0.39 is 0 Å². The summed E-state index contributed by atoms with van der Waals surface area (Å²) in [6.07, 6.45) is 0. The van der Waals surface area contributed by atoms with Gasteiger partial charge in [-0.15, -0.1) is 11.3 Å². The highest BCUT2D eigenvalue weighted by Crippen LogP contribution is 2.44. The van der Waals surface area contributed by atoms with Gasteiger partial charge in [0.1, 0.15) is 11.2 Å². The van der Waals surface area contributed by atoms with Gasteiger partial charge in [0.15, 0.2) is 5.82 Å². The number of thiophene rings is 1. The largest absolute Gasteiger partial charge is 0.455 e. The van der Waals surface area contributed by atoms with Crippen LogP contribution >= 0.6 is 11.3 Å². The van der Waals surface area contributed by atoms with E-state index in [9.17, 15) is 0 Å². The number of furan rings is 1. The Kier molecular flexibility index (Phi) is 6.68. The van der Waals surface area contributed by atoms with Crippen molar-refractivity contribution in [2.45, 2.75) is 0 Å². The van der Waals surface area contributed by atoms with Gasteiger partial charge in [0, 0.05) is 47.6 Å². The van der Waals surface area contributed by atoms with Crippen molar-refractivity contribution >= 4 is 53.4 Å². The van der Waals surface area contributed by atoms with E-state index in [1.807, 2.05) is 47.7 Å². The number of benzene rings is 7. The second kappa shape index (κ2) is 11.7. The predicted octanol–water partition coefficient (Wildman–Crippen LogP) is 13.1. The molecule has 4 heteroatoms. The van der Waals surface area contributed by atoms with Gasteiger partial charge in [-0.2, -0.15) is 0 Å². The number of nitrogens with zero attached hydrogens (tertiary/aromatic N) is 2. The lowest BCUT2D eigenvalue weighted by Gasteiger charge is -2.12. The number of hydrogen-bond acceptors (Lipinski definition) is 4. The van der Waals surface area contributed by atoms with Crippen molar-refractivity contribution in [1.29, 1.82) is 0 Å². The molecule has 10 aromatic rings. The highest BCUT2D eigenvalue weighted by Gasteiger charge is 2.20. The molecular weight excluding hydrogens is 629 g/mol. The Morgan fingerprint density at radius 1 is 0.400 bits per heavy atom. The molecule has 3 aromatic heterocycles. The number of rotatable bonds is 5. The topological polar surface area (TPSA) is 38.9 Å². The van der Waals surface area contributed by atoms with Crippen LogP contribution in [0.25, 0.3) is 98.3 Å². The van der Waals surface area contributed by atoms with Crippen molar-refractivity contribution < 1.29 is 4.42 Å². The number of aromatic nitrogens is 2. The first-order valence-electron chi connectivity index (χ1n) is 16.7. The summed E-state index contributed by atoms with van der Waals surface area (Å²) in [5.41, 5.74) is 10.9. The standard InChI is InChI=1S/C46H28N2OS/c1-3-11-29(12-4-1)30-19-21-32(22-20-30)46-47-39(31-13-5-2-6-14-31)28-40(48-46)37-26-25-34(44-38-16-7-9-17-41(38)49-45(37)44)33-23-24-36-35-15-8-10-18-42(35)50-43(36)27-33/h1-28H. The van der Waals surface area contributed by atoms with Crippen LogP contribution in [-0.2, 0) is 0 Å². The van der Waals surface area contributed by atoms with Crippen LogP contribution in [-0.4, -0.2) is 9.97 Å². The fourth-order valence-electron chi connectivity index (χ4n) is 7.08. The summed E-state index contributed by atoms with van der Waals surface area (Å²) < 4.78 is 9.31. The molecular formula is C46H28N2OS. The maximum atomic E-state index is 6.73. The molecule has 7 aromatic carbocycles. The minimum absolute atomic E-state index is 0.671. The monoisotopic (exact) mass is 656 g/mol. The fourth-order valence-corrected chi connectivity index (χ4v) is 8.22. The van der Waals surface area contributed by atoms with Gasteiger partial charge in [0.25, 0.3) is 0 Å². The van der Waals surface area contributed by atoms with E-state index in [2.05, 4.69) is 133 Å². The van der Waals surface area contributed by atoms with Crippen LogP contribution in [0.4, 0.5) is 0 Å². The zero-order chi connectivity index (χ0) is 33.0. The summed E-state index contributed by atoms with van der Waals surface area (Å²) in [4.78, 5) is 10.3. The molecule has 0 aliphatic rings. The molecule has 3 nitrogen and oxygen atoms in total. The van der Waals surface area contributed by atoms with Crippen LogP contribution in [0.5, 0.6) is 0 Å². The molecule has 0 spiro atoms. The van der Waals surface area contributed by atoms with E-state index in [1.165, 1.54) is 31.3 Å². The van der Waals surface area contributed by atoms with Crippen LogP contribution in [0.3, 0.4) is 0 Å². The van der Waals surface area contributed by atoms with Crippen molar-refractivity contribution in [2.24, 2.45) is 0 Å². The Morgan fingerprint density at radius 3 is 1.82 bits per heavy atom. The molecule has 0 bridgehead atoms. The zero-order valence-electron chi connectivity index (χ0n) is 26.9. The van der Waals surface area contributed by atoms with Gasteiger partial charge >= 0.3 is 0 Å². The predicted molar refractivity (Wildman–Crippen MR) is 209 cm³/mol. The van der Waals surface area contributed by atoms with E-state index >= 15 is 0 Å². The average molecular weight is 657 g/mol. The normalized spacial score (nSPS) is 11.6. The smallest absolute Gasteiger partial charge is 0.160 e. The number of hydrogen-bond donors (Lipinski definition) is 0. The molecule has 0 unspecified atom stereocenters. The Labute approximate surface area is 292 Å². The van der Waals surface area contributed by atoms with E-state index in [1.54, 1.807) is 0 Å². The zero-order valence-corrected chi connectivity index (χ0v) is 27.7. The van der Waals surface area contributed by atoms with Gasteiger partial charge < -0.3 is 4.42 Å². The lowest BCUT2D eigenvalue weighted by Crippen LogP contribution is -1.96. The molecule has 3 heterocycles. The summed E-state index contributed by atoms with van der Waals surface area (Å²) in [7, 11) is 0. The number of para-hydroxylation sites is 1. The molecule has 0 N–H and O–H groups in total. The molecule has 0 saturated carbocycles. The van der Waals surface area contributed by atoms with Gasteiger partial charge in [-0.1, -0.05) is 140 Å². The van der Waals surface area contributed by atoms with Crippen LogP contribution in [0.15, 0.2) is 174 Å². The first-order chi connectivity index (χ1) is 24.8. The molecule has 0 fully saturated rings. The average Bonchev–Trinajstić information content (AvgIpc) is 3.77. The van der Waals surface area contributed by atoms with Gasteiger partial charge in [0.2, 0.25) is 0 Å². The second-order valence-electron chi connectivity index (χ2n) is 12.5. The first-order valence-corrected chi connectivity index (χ1v) is 17.6. The van der Waals surface area contributed by atoms with E-state index in [0.29, 0.717) is 5.82 Å². The number of fused-ring (bicyclic) bond motifs is 6. The van der Waals surface area contributed by atoms with Gasteiger partial charge in [-0.05, 0) is 52.6 Å². The molecule has 234 valence electrons. The summed E-state index contributed by atoms with van der Waals surface area (Å²) in [6.45, 7) is 0. The maximum absolute atomic E-state index is 6.73. The van der Waals surface area contributed by atoms with E-state index in [-0.39, 0.29) is 0 Å². The summed E-state index contributed by atoms with van der Waals surface area (Å²) in [5, 5.41) is 4.77. The van der Waals surface area contributed by atoms with Crippen molar-refractivity contribution in [3.05, 3.63) is 170 Å². The lowest BCUT2D eigenvalue weighted by atomic mass is 9.95. The highest BCUT2D eigenvalue weighted by molar-refractivity contribution is 7.25. The third kappa shape index (κ3) is 4.80. The lowest BCUT2D eigenvalue weighted by molar-refractivity contribution is 0.670. The van der Waals surface area contributed by atoms with Crippen molar-refractivity contribution in [1.82, 2.24) is 9.97 Å². The molecule has 0 radical (unpaired) electrons. The maximum Gasteiger partial charge on any atom is 0.160 e. The van der Waals surface area contributed by atoms with Crippen molar-refractivity contribution in [3.63, 3.8) is 0 Å². The van der Waals surface area contributed by atoms with Crippen LogP contribution in [0, 0.1) is 0 Å². The summed E-state index contributed by atoms with van der Waals surface area (Å²) in [5.74, 6) is 0.671. The summed E-state index contributed by atoms with van der Waals surface area (Å²) in [6, 6.07) is 59.5. The Bertz CT molecular complexity index is 2850. The third-order valence-electron chi connectivity index (χ3n) is 9.54. The van der Waals surface area contributed by atoms with Gasteiger partial charge in [-0.3, -0.25) is 0 Å². The van der Waals surface area contributed by atoms with E-state index in [0.717, 1.165) is 61.1 Å². The van der Waals surface area contributed by atoms with Crippen LogP contribution < -0.4 is 0 Å². The van der Waals surface area contributed by atoms with Crippen LogP contribution in [0.2, 0.25) is 0 Å². The van der Waals surface area contributed by atoms with Crippen LogP contribution in [0.1, 0.15) is 0 Å². The molecule has 0 saturated heterocycles. The van der Waals surface area contributed by atoms with Gasteiger partial charge in [-0.25, -0.2) is 9.97 Å². The molecule has 0 amide bonds.